The molecule has 4 N–H and O–H groups in total. The van der Waals surface area contributed by atoms with Gasteiger partial charge in [0.1, 0.15) is 22.8 Å². The van der Waals surface area contributed by atoms with Gasteiger partial charge in [0.2, 0.25) is 5.91 Å². The number of nitrogens with zero attached hydrogens (tertiary/aromatic N) is 3. The van der Waals surface area contributed by atoms with Crippen molar-refractivity contribution in [3.63, 3.8) is 0 Å². The van der Waals surface area contributed by atoms with E-state index < -0.39 is 22.9 Å². The largest absolute Gasteiger partial charge is 0.380 e. The summed E-state index contributed by atoms with van der Waals surface area (Å²) in [6.07, 6.45) is 4.27. The molecule has 2 bridgehead atoms. The zero-order valence-electron chi connectivity index (χ0n) is 19.4. The summed E-state index contributed by atoms with van der Waals surface area (Å²) in [6.45, 7) is 3.15. The Morgan fingerprint density at radius 2 is 1.94 bits per heavy atom. The predicted octanol–water partition coefficient (Wildman–Crippen LogP) is 1.69. The molecule has 35 heavy (non-hydrogen) atoms. The maximum atomic E-state index is 14.9. The van der Waals surface area contributed by atoms with E-state index in [9.17, 15) is 24.2 Å². The van der Waals surface area contributed by atoms with Crippen LogP contribution in [-0.2, 0) is 10.4 Å². The molecule has 1 atom stereocenters. The van der Waals surface area contributed by atoms with Gasteiger partial charge in [-0.15, -0.1) is 0 Å². The standard InChI is InChI=1S/C26H25FN4O4/c1-25(2,34)6-5-14-9-18-17(10-19(14)27)15-7-16(8-15)31-21(20(22(28)32)29-23(18)31)26(35)11-30(12-26)24(33)13-3-4-13/h7,9-10,13,16,34-35H,3-4,8,11-12H2,1-2H3,(H2,28,32). The lowest BCUT2D eigenvalue weighted by molar-refractivity contribution is -0.159. The van der Waals surface area contributed by atoms with Crippen molar-refractivity contribution in [3.8, 4) is 23.2 Å². The van der Waals surface area contributed by atoms with E-state index in [1.54, 1.807) is 15.5 Å². The monoisotopic (exact) mass is 476 g/mol. The molecule has 2 aromatic rings. The van der Waals surface area contributed by atoms with Gasteiger partial charge in [0, 0.05) is 11.5 Å². The number of likely N-dealkylation sites (tertiary alicyclic amines) is 1. The second-order valence-electron chi connectivity index (χ2n) is 10.5. The predicted molar refractivity (Wildman–Crippen MR) is 124 cm³/mol. The highest BCUT2D eigenvalue weighted by Gasteiger charge is 2.53. The van der Waals surface area contributed by atoms with Crippen molar-refractivity contribution in [1.82, 2.24) is 14.5 Å². The van der Waals surface area contributed by atoms with Gasteiger partial charge in [-0.25, -0.2) is 9.37 Å². The van der Waals surface area contributed by atoms with Crippen molar-refractivity contribution < 1.29 is 24.2 Å². The maximum absolute atomic E-state index is 14.9. The van der Waals surface area contributed by atoms with Crippen molar-refractivity contribution in [2.24, 2.45) is 11.7 Å². The van der Waals surface area contributed by atoms with Gasteiger partial charge in [-0.2, -0.15) is 0 Å². The Balaban J connectivity index is 1.49. The number of benzene rings is 1. The first-order valence-electron chi connectivity index (χ1n) is 11.7. The smallest absolute Gasteiger partial charge is 0.269 e. The number of primary amides is 1. The highest BCUT2D eigenvalue weighted by atomic mass is 19.1. The zero-order valence-corrected chi connectivity index (χ0v) is 19.4. The first kappa shape index (κ1) is 22.0. The quantitative estimate of drug-likeness (QED) is 0.582. The molecule has 2 amide bonds. The summed E-state index contributed by atoms with van der Waals surface area (Å²) < 4.78 is 16.7. The highest BCUT2D eigenvalue weighted by molar-refractivity contribution is 5.95. The summed E-state index contributed by atoms with van der Waals surface area (Å²) in [6, 6.07) is 2.77. The fourth-order valence-corrected chi connectivity index (χ4v) is 5.17. The Kier molecular flexibility index (Phi) is 4.42. The summed E-state index contributed by atoms with van der Waals surface area (Å²) in [5.41, 5.74) is 5.41. The molecule has 2 fully saturated rings. The third-order valence-corrected chi connectivity index (χ3v) is 7.08. The van der Waals surface area contributed by atoms with Crippen molar-refractivity contribution in [2.45, 2.75) is 50.4 Å². The van der Waals surface area contributed by atoms with Crippen LogP contribution in [0.2, 0.25) is 0 Å². The van der Waals surface area contributed by atoms with E-state index in [-0.39, 0.29) is 42.2 Å². The number of carbonyl (C=O) groups excluding carboxylic acids is 2. The molecule has 4 heterocycles. The summed E-state index contributed by atoms with van der Waals surface area (Å²) in [5.74, 6) is 4.46. The normalized spacial score (nSPS) is 21.3. The zero-order chi connectivity index (χ0) is 24.9. The second-order valence-corrected chi connectivity index (χ2v) is 10.5. The lowest BCUT2D eigenvalue weighted by Gasteiger charge is -2.47. The maximum Gasteiger partial charge on any atom is 0.269 e. The molecule has 8 nitrogen and oxygen atoms in total. The minimum atomic E-state index is -1.46. The lowest BCUT2D eigenvalue weighted by atomic mass is 9.84. The van der Waals surface area contributed by atoms with Gasteiger partial charge in [0.15, 0.2) is 5.69 Å². The van der Waals surface area contributed by atoms with Gasteiger partial charge in [0.05, 0.1) is 30.4 Å². The number of halogens is 1. The highest BCUT2D eigenvalue weighted by Crippen LogP contribution is 2.50. The average Bonchev–Trinajstić information content (AvgIpc) is 3.52. The first-order valence-corrected chi connectivity index (χ1v) is 11.7. The Labute approximate surface area is 201 Å². The van der Waals surface area contributed by atoms with Crippen LogP contribution in [0, 0.1) is 23.6 Å². The third-order valence-electron chi connectivity index (χ3n) is 7.08. The fourth-order valence-electron chi connectivity index (χ4n) is 5.17. The van der Waals surface area contributed by atoms with Gasteiger partial charge >= 0.3 is 0 Å². The Bertz CT molecular complexity index is 1410. The summed E-state index contributed by atoms with van der Waals surface area (Å²) in [5, 5.41) is 21.5. The molecule has 3 aliphatic heterocycles. The summed E-state index contributed by atoms with van der Waals surface area (Å²) >= 11 is 0. The third kappa shape index (κ3) is 3.39. The fraction of sp³-hybridized carbons (Fsp3) is 0.423. The molecule has 1 unspecified atom stereocenters. The van der Waals surface area contributed by atoms with Crippen LogP contribution < -0.4 is 5.73 Å². The Morgan fingerprint density at radius 1 is 1.26 bits per heavy atom. The number of hydrogen-bond acceptors (Lipinski definition) is 5. The molecule has 1 aromatic carbocycles. The number of amides is 2. The van der Waals surface area contributed by atoms with E-state index in [4.69, 9.17) is 5.73 Å². The Hall–Kier alpha value is -3.48. The van der Waals surface area contributed by atoms with E-state index in [0.717, 1.165) is 18.4 Å². The van der Waals surface area contributed by atoms with Gasteiger partial charge < -0.3 is 25.4 Å². The SMILES string of the molecule is CC(C)(O)C#Cc1cc2c(cc1F)C1=CC(C1)n1c-2nc(C(N)=O)c1C1(O)CN(C(=O)C2CC2)C1. The van der Waals surface area contributed by atoms with Crippen molar-refractivity contribution in [2.75, 3.05) is 13.1 Å². The minimum absolute atomic E-state index is 0.0209. The van der Waals surface area contributed by atoms with Crippen LogP contribution in [0.5, 0.6) is 0 Å². The van der Waals surface area contributed by atoms with E-state index in [1.165, 1.54) is 19.9 Å². The number of nitrogens with two attached hydrogens (primary N) is 1. The molecule has 2 aliphatic carbocycles. The van der Waals surface area contributed by atoms with E-state index in [2.05, 4.69) is 16.8 Å². The molecule has 0 spiro atoms. The molecule has 5 aliphatic rings. The number of aliphatic hydroxyl groups is 2. The molecule has 7 rings (SSSR count). The first-order chi connectivity index (χ1) is 16.4. The number of carbonyl (C=O) groups is 2. The van der Waals surface area contributed by atoms with Gasteiger partial charge in [-0.3, -0.25) is 9.59 Å². The lowest BCUT2D eigenvalue weighted by Crippen LogP contribution is -2.62. The number of aromatic nitrogens is 2. The van der Waals surface area contributed by atoms with Crippen molar-refractivity contribution in [3.05, 3.63) is 46.5 Å². The van der Waals surface area contributed by atoms with Crippen LogP contribution >= 0.6 is 0 Å². The molecular weight excluding hydrogens is 451 g/mol. The molecule has 1 saturated heterocycles. The molecule has 9 heteroatoms. The van der Waals surface area contributed by atoms with Gasteiger partial charge in [0.25, 0.3) is 5.91 Å². The number of hydrogen-bond donors (Lipinski definition) is 3. The topological polar surface area (TPSA) is 122 Å². The Morgan fingerprint density at radius 3 is 2.54 bits per heavy atom. The van der Waals surface area contributed by atoms with Crippen molar-refractivity contribution in [1.29, 1.82) is 0 Å². The van der Waals surface area contributed by atoms with Gasteiger partial charge in [-0.05, 0) is 56.4 Å². The van der Waals surface area contributed by atoms with E-state index in [1.807, 2.05) is 6.08 Å². The van der Waals surface area contributed by atoms with Crippen LogP contribution in [-0.4, -0.2) is 55.2 Å². The van der Waals surface area contributed by atoms with Crippen LogP contribution in [0.25, 0.3) is 17.0 Å². The molecule has 180 valence electrons. The number of imidazole rings is 1. The minimum Gasteiger partial charge on any atom is -0.380 e. The van der Waals surface area contributed by atoms with Gasteiger partial charge in [-0.1, -0.05) is 17.9 Å². The molecule has 0 radical (unpaired) electrons. The van der Waals surface area contributed by atoms with E-state index in [0.29, 0.717) is 29.1 Å². The molecule has 1 aromatic heterocycles. The van der Waals surface area contributed by atoms with Crippen LogP contribution in [0.3, 0.4) is 0 Å². The number of β-amino-alcohol motifs (C(OH)–C–C–N with tert-alkyl or cyclic N) is 1. The molecular formula is C26H25FN4O4. The van der Waals surface area contributed by atoms with Crippen LogP contribution in [0.1, 0.15) is 66.5 Å². The summed E-state index contributed by atoms with van der Waals surface area (Å²) in [4.78, 5) is 31.1. The summed E-state index contributed by atoms with van der Waals surface area (Å²) in [7, 11) is 0. The average molecular weight is 477 g/mol. The molecule has 1 saturated carbocycles. The van der Waals surface area contributed by atoms with Crippen LogP contribution in [0.15, 0.2) is 18.2 Å². The number of rotatable bonds is 3. The van der Waals surface area contributed by atoms with E-state index >= 15 is 0 Å². The van der Waals surface area contributed by atoms with Crippen molar-refractivity contribution >= 4 is 17.4 Å². The van der Waals surface area contributed by atoms with Crippen LogP contribution in [0.4, 0.5) is 4.39 Å². The second kappa shape index (κ2) is 7.03. The number of allylic oxidation sites excluding steroid dienone is 2.